The van der Waals surface area contributed by atoms with Gasteiger partial charge in [-0.25, -0.2) is 4.79 Å². The SMILES string of the molecule is NC(=O)NCC1CCCCO1. The van der Waals surface area contributed by atoms with E-state index in [4.69, 9.17) is 10.5 Å². The van der Waals surface area contributed by atoms with Crippen LogP contribution in [-0.4, -0.2) is 25.3 Å². The number of nitrogens with one attached hydrogen (secondary N) is 1. The molecular weight excluding hydrogens is 144 g/mol. The molecule has 64 valence electrons. The summed E-state index contributed by atoms with van der Waals surface area (Å²) in [6, 6.07) is -0.473. The highest BCUT2D eigenvalue weighted by Gasteiger charge is 2.13. The van der Waals surface area contributed by atoms with Crippen LogP contribution in [0.5, 0.6) is 0 Å². The van der Waals surface area contributed by atoms with Crippen LogP contribution in [-0.2, 0) is 4.74 Å². The third kappa shape index (κ3) is 3.23. The number of carbonyl (C=O) groups is 1. The van der Waals surface area contributed by atoms with Gasteiger partial charge in [-0.2, -0.15) is 0 Å². The van der Waals surface area contributed by atoms with E-state index >= 15 is 0 Å². The molecule has 0 saturated carbocycles. The normalized spacial score (nSPS) is 24.5. The molecule has 4 nitrogen and oxygen atoms in total. The van der Waals surface area contributed by atoms with E-state index in [2.05, 4.69) is 5.32 Å². The highest BCUT2D eigenvalue weighted by Crippen LogP contribution is 2.11. The number of amides is 2. The second-order valence-electron chi connectivity index (χ2n) is 2.73. The van der Waals surface area contributed by atoms with Crippen LogP contribution in [0.1, 0.15) is 19.3 Å². The first-order chi connectivity index (χ1) is 5.29. The van der Waals surface area contributed by atoms with Crippen molar-refractivity contribution in [1.82, 2.24) is 5.32 Å². The summed E-state index contributed by atoms with van der Waals surface area (Å²) >= 11 is 0. The topological polar surface area (TPSA) is 64.4 Å². The zero-order valence-electron chi connectivity index (χ0n) is 6.51. The van der Waals surface area contributed by atoms with Gasteiger partial charge in [0, 0.05) is 13.2 Å². The van der Waals surface area contributed by atoms with Crippen molar-refractivity contribution in [2.75, 3.05) is 13.2 Å². The fourth-order valence-corrected chi connectivity index (χ4v) is 1.18. The van der Waals surface area contributed by atoms with Crippen LogP contribution in [0.4, 0.5) is 4.79 Å². The molecule has 0 aliphatic carbocycles. The molecule has 1 saturated heterocycles. The lowest BCUT2D eigenvalue weighted by Gasteiger charge is -2.22. The summed E-state index contributed by atoms with van der Waals surface area (Å²) < 4.78 is 5.36. The van der Waals surface area contributed by atoms with Crippen LogP contribution >= 0.6 is 0 Å². The number of rotatable bonds is 2. The van der Waals surface area contributed by atoms with E-state index in [1.54, 1.807) is 0 Å². The average molecular weight is 158 g/mol. The number of urea groups is 1. The molecule has 0 aromatic heterocycles. The molecule has 1 aliphatic rings. The molecule has 1 fully saturated rings. The van der Waals surface area contributed by atoms with E-state index in [0.29, 0.717) is 6.54 Å². The second kappa shape index (κ2) is 4.18. The zero-order chi connectivity index (χ0) is 8.10. The Morgan fingerprint density at radius 2 is 2.45 bits per heavy atom. The maximum Gasteiger partial charge on any atom is 0.312 e. The van der Waals surface area contributed by atoms with Gasteiger partial charge in [-0.15, -0.1) is 0 Å². The number of carbonyl (C=O) groups excluding carboxylic acids is 1. The quantitative estimate of drug-likeness (QED) is 0.604. The van der Waals surface area contributed by atoms with E-state index in [0.717, 1.165) is 19.4 Å². The molecule has 4 heteroatoms. The molecule has 2 amide bonds. The number of hydrogen-bond acceptors (Lipinski definition) is 2. The van der Waals surface area contributed by atoms with Gasteiger partial charge < -0.3 is 15.8 Å². The Hall–Kier alpha value is -0.770. The first-order valence-electron chi connectivity index (χ1n) is 3.94. The van der Waals surface area contributed by atoms with Crippen LogP contribution in [0.25, 0.3) is 0 Å². The summed E-state index contributed by atoms with van der Waals surface area (Å²) in [5.74, 6) is 0. The molecule has 1 unspecified atom stereocenters. The van der Waals surface area contributed by atoms with E-state index in [1.807, 2.05) is 0 Å². The number of nitrogens with two attached hydrogens (primary N) is 1. The van der Waals surface area contributed by atoms with Crippen LogP contribution in [0.15, 0.2) is 0 Å². The van der Waals surface area contributed by atoms with Crippen molar-refractivity contribution < 1.29 is 9.53 Å². The van der Waals surface area contributed by atoms with Gasteiger partial charge in [-0.3, -0.25) is 0 Å². The lowest BCUT2D eigenvalue weighted by molar-refractivity contribution is 0.0186. The van der Waals surface area contributed by atoms with Gasteiger partial charge in [0.15, 0.2) is 0 Å². The minimum Gasteiger partial charge on any atom is -0.376 e. The Balaban J connectivity index is 2.09. The van der Waals surface area contributed by atoms with Gasteiger partial charge >= 0.3 is 6.03 Å². The molecule has 0 radical (unpaired) electrons. The summed E-state index contributed by atoms with van der Waals surface area (Å²) in [5, 5.41) is 2.53. The molecule has 0 bridgehead atoms. The van der Waals surface area contributed by atoms with Crippen molar-refractivity contribution in [3.63, 3.8) is 0 Å². The minimum atomic E-state index is -0.473. The van der Waals surface area contributed by atoms with Crippen molar-refractivity contribution >= 4 is 6.03 Å². The van der Waals surface area contributed by atoms with Crippen LogP contribution < -0.4 is 11.1 Å². The Bertz CT molecular complexity index is 132. The molecule has 1 rings (SSSR count). The van der Waals surface area contributed by atoms with Gasteiger partial charge in [0.05, 0.1) is 6.10 Å². The molecule has 1 heterocycles. The summed E-state index contributed by atoms with van der Waals surface area (Å²) in [6.07, 6.45) is 3.52. The summed E-state index contributed by atoms with van der Waals surface area (Å²) in [7, 11) is 0. The average Bonchev–Trinajstić information content (AvgIpc) is 2.03. The first kappa shape index (κ1) is 8.33. The minimum absolute atomic E-state index is 0.177. The lowest BCUT2D eigenvalue weighted by Crippen LogP contribution is -2.38. The van der Waals surface area contributed by atoms with Gasteiger partial charge in [-0.05, 0) is 19.3 Å². The first-order valence-corrected chi connectivity index (χ1v) is 3.94. The highest BCUT2D eigenvalue weighted by atomic mass is 16.5. The fraction of sp³-hybridized carbons (Fsp3) is 0.857. The van der Waals surface area contributed by atoms with E-state index in [1.165, 1.54) is 6.42 Å². The van der Waals surface area contributed by atoms with Crippen molar-refractivity contribution in [2.45, 2.75) is 25.4 Å². The maximum atomic E-state index is 10.3. The number of hydrogen-bond donors (Lipinski definition) is 2. The molecule has 1 aliphatic heterocycles. The highest BCUT2D eigenvalue weighted by molar-refractivity contribution is 5.71. The van der Waals surface area contributed by atoms with E-state index in [-0.39, 0.29) is 6.10 Å². The second-order valence-corrected chi connectivity index (χ2v) is 2.73. The zero-order valence-corrected chi connectivity index (χ0v) is 6.51. The van der Waals surface area contributed by atoms with Crippen LogP contribution in [0.2, 0.25) is 0 Å². The van der Waals surface area contributed by atoms with Gasteiger partial charge in [0.25, 0.3) is 0 Å². The Kier molecular flexibility index (Phi) is 3.16. The summed E-state index contributed by atoms with van der Waals surface area (Å²) in [4.78, 5) is 10.3. The van der Waals surface area contributed by atoms with Crippen molar-refractivity contribution in [3.8, 4) is 0 Å². The Morgan fingerprint density at radius 3 is 3.00 bits per heavy atom. The fourth-order valence-electron chi connectivity index (χ4n) is 1.18. The smallest absolute Gasteiger partial charge is 0.312 e. The molecule has 0 aromatic rings. The van der Waals surface area contributed by atoms with Crippen LogP contribution in [0.3, 0.4) is 0 Å². The van der Waals surface area contributed by atoms with E-state index < -0.39 is 6.03 Å². The predicted octanol–water partition coefficient (Wildman–Crippen LogP) is 0.224. The van der Waals surface area contributed by atoms with Gasteiger partial charge in [-0.1, -0.05) is 0 Å². The van der Waals surface area contributed by atoms with Gasteiger partial charge in [0.1, 0.15) is 0 Å². The third-order valence-electron chi connectivity index (χ3n) is 1.78. The molecule has 0 spiro atoms. The maximum absolute atomic E-state index is 10.3. The molecule has 1 atom stereocenters. The third-order valence-corrected chi connectivity index (χ3v) is 1.78. The van der Waals surface area contributed by atoms with Gasteiger partial charge in [0.2, 0.25) is 0 Å². The Morgan fingerprint density at radius 1 is 1.64 bits per heavy atom. The van der Waals surface area contributed by atoms with Crippen molar-refractivity contribution in [1.29, 1.82) is 0 Å². The molecule has 3 N–H and O–H groups in total. The Labute approximate surface area is 66.1 Å². The monoisotopic (exact) mass is 158 g/mol. The van der Waals surface area contributed by atoms with Crippen molar-refractivity contribution in [2.24, 2.45) is 5.73 Å². The van der Waals surface area contributed by atoms with Crippen LogP contribution in [0, 0.1) is 0 Å². The standard InChI is InChI=1S/C7H14N2O2/c8-7(10)9-5-6-3-1-2-4-11-6/h6H,1-5H2,(H3,8,9,10). The molecule has 11 heavy (non-hydrogen) atoms. The summed E-state index contributed by atoms with van der Waals surface area (Å²) in [6.45, 7) is 1.36. The van der Waals surface area contributed by atoms with Crippen molar-refractivity contribution in [3.05, 3.63) is 0 Å². The molecular formula is C7H14N2O2. The predicted molar refractivity (Wildman–Crippen MR) is 41.2 cm³/mol. The van der Waals surface area contributed by atoms with E-state index in [9.17, 15) is 4.79 Å². The number of ether oxygens (including phenoxy) is 1. The lowest BCUT2D eigenvalue weighted by atomic mass is 10.1. The largest absolute Gasteiger partial charge is 0.376 e. The molecule has 0 aromatic carbocycles. The summed E-state index contributed by atoms with van der Waals surface area (Å²) in [5.41, 5.74) is 4.90. The number of primary amides is 1.